The van der Waals surface area contributed by atoms with Gasteiger partial charge in [-0.25, -0.2) is 5.84 Å². The van der Waals surface area contributed by atoms with Crippen molar-refractivity contribution in [1.82, 2.24) is 5.43 Å². The molecule has 0 spiro atoms. The number of ether oxygens (including phenoxy) is 1. The maximum absolute atomic E-state index is 11.1. The fourth-order valence-electron chi connectivity index (χ4n) is 1.64. The summed E-state index contributed by atoms with van der Waals surface area (Å²) in [6.45, 7) is -0.0981. The molecular formula is C15H15ClN2O2S. The molecule has 2 aromatic carbocycles. The molecule has 0 radical (unpaired) electrons. The van der Waals surface area contributed by atoms with Gasteiger partial charge in [-0.3, -0.25) is 10.2 Å². The van der Waals surface area contributed by atoms with Gasteiger partial charge in [-0.2, -0.15) is 0 Å². The van der Waals surface area contributed by atoms with Gasteiger partial charge < -0.3 is 4.74 Å². The lowest BCUT2D eigenvalue weighted by Crippen LogP contribution is -2.34. The summed E-state index contributed by atoms with van der Waals surface area (Å²) < 4.78 is 5.47. The minimum Gasteiger partial charge on any atom is -0.483 e. The van der Waals surface area contributed by atoms with E-state index in [1.54, 1.807) is 11.8 Å². The Morgan fingerprint density at radius 1 is 1.19 bits per heavy atom. The van der Waals surface area contributed by atoms with Gasteiger partial charge in [0.2, 0.25) is 0 Å². The first-order valence-corrected chi connectivity index (χ1v) is 7.64. The number of benzene rings is 2. The van der Waals surface area contributed by atoms with E-state index in [2.05, 4.69) is 0 Å². The third kappa shape index (κ3) is 4.97. The Hall–Kier alpha value is -1.69. The van der Waals surface area contributed by atoms with Crippen LogP contribution in [0.4, 0.5) is 0 Å². The average Bonchev–Trinajstić information content (AvgIpc) is 2.52. The summed E-state index contributed by atoms with van der Waals surface area (Å²) in [5, 5.41) is 0.718. The lowest BCUT2D eigenvalue weighted by molar-refractivity contribution is -0.123. The third-order valence-electron chi connectivity index (χ3n) is 2.70. The minimum absolute atomic E-state index is 0.0981. The van der Waals surface area contributed by atoms with E-state index in [-0.39, 0.29) is 12.5 Å². The van der Waals surface area contributed by atoms with Crippen molar-refractivity contribution >= 4 is 29.3 Å². The molecule has 0 atom stereocenters. The minimum atomic E-state index is -0.366. The zero-order valence-electron chi connectivity index (χ0n) is 11.2. The normalized spacial score (nSPS) is 10.2. The number of hydrogen-bond donors (Lipinski definition) is 2. The Morgan fingerprint density at radius 3 is 2.62 bits per heavy atom. The maximum Gasteiger partial charge on any atom is 0.271 e. The molecule has 4 nitrogen and oxygen atoms in total. The molecule has 110 valence electrons. The number of nitrogens with one attached hydrogen (secondary N) is 1. The number of thioether (sulfide) groups is 1. The molecule has 0 saturated heterocycles. The van der Waals surface area contributed by atoms with Crippen LogP contribution in [0.3, 0.4) is 0 Å². The van der Waals surface area contributed by atoms with Crippen LogP contribution in [0.25, 0.3) is 0 Å². The van der Waals surface area contributed by atoms with Gasteiger partial charge in [0.1, 0.15) is 5.75 Å². The van der Waals surface area contributed by atoms with Crippen LogP contribution in [-0.2, 0) is 10.5 Å². The van der Waals surface area contributed by atoms with E-state index < -0.39 is 0 Å². The zero-order chi connectivity index (χ0) is 15.1. The number of amides is 1. The maximum atomic E-state index is 11.1. The van der Waals surface area contributed by atoms with E-state index in [4.69, 9.17) is 22.2 Å². The highest BCUT2D eigenvalue weighted by Gasteiger charge is 2.06. The summed E-state index contributed by atoms with van der Waals surface area (Å²) >= 11 is 7.53. The second-order valence-electron chi connectivity index (χ2n) is 4.21. The van der Waals surface area contributed by atoms with E-state index in [1.165, 1.54) is 0 Å². The van der Waals surface area contributed by atoms with Gasteiger partial charge in [-0.15, -0.1) is 11.8 Å². The molecule has 0 aliphatic heterocycles. The molecule has 0 aliphatic rings. The molecule has 1 amide bonds. The molecule has 0 fully saturated rings. The van der Waals surface area contributed by atoms with Crippen LogP contribution in [0.15, 0.2) is 53.4 Å². The van der Waals surface area contributed by atoms with Crippen LogP contribution in [-0.4, -0.2) is 12.5 Å². The molecule has 21 heavy (non-hydrogen) atoms. The van der Waals surface area contributed by atoms with Crippen LogP contribution in [0.2, 0.25) is 5.02 Å². The number of rotatable bonds is 6. The lowest BCUT2D eigenvalue weighted by Gasteiger charge is -2.10. The van der Waals surface area contributed by atoms with Crippen molar-refractivity contribution in [3.63, 3.8) is 0 Å². The average molecular weight is 323 g/mol. The van der Waals surface area contributed by atoms with E-state index in [9.17, 15) is 4.79 Å². The zero-order valence-corrected chi connectivity index (χ0v) is 12.8. The first kappa shape index (κ1) is 15.7. The first-order valence-electron chi connectivity index (χ1n) is 6.27. The number of nitrogens with two attached hydrogens (primary N) is 1. The molecule has 0 heterocycles. The molecular weight excluding hydrogens is 308 g/mol. The van der Waals surface area contributed by atoms with Crippen molar-refractivity contribution in [3.05, 3.63) is 59.1 Å². The van der Waals surface area contributed by atoms with Gasteiger partial charge in [0.25, 0.3) is 5.91 Å². The molecule has 2 aromatic rings. The van der Waals surface area contributed by atoms with E-state index in [1.807, 2.05) is 54.0 Å². The van der Waals surface area contributed by atoms with E-state index in [0.717, 1.165) is 21.2 Å². The molecule has 0 saturated carbocycles. The number of carbonyl (C=O) groups excluding carboxylic acids is 1. The number of hydrazine groups is 1. The molecule has 0 bridgehead atoms. The van der Waals surface area contributed by atoms with E-state index in [0.29, 0.717) is 5.75 Å². The van der Waals surface area contributed by atoms with Crippen LogP contribution in [0, 0.1) is 0 Å². The molecule has 3 N–H and O–H groups in total. The first-order chi connectivity index (χ1) is 10.2. The Morgan fingerprint density at radius 2 is 1.90 bits per heavy atom. The predicted octanol–water partition coefficient (Wildman–Crippen LogP) is 3.00. The summed E-state index contributed by atoms with van der Waals surface area (Å²) in [6.07, 6.45) is 0. The third-order valence-corrected chi connectivity index (χ3v) is 4.01. The molecule has 0 unspecified atom stereocenters. The number of hydrogen-bond acceptors (Lipinski definition) is 4. The topological polar surface area (TPSA) is 64.3 Å². The van der Waals surface area contributed by atoms with Crippen molar-refractivity contribution in [2.24, 2.45) is 5.84 Å². The highest BCUT2D eigenvalue weighted by molar-refractivity contribution is 7.98. The summed E-state index contributed by atoms with van der Waals surface area (Å²) in [7, 11) is 0. The van der Waals surface area contributed by atoms with Crippen molar-refractivity contribution in [3.8, 4) is 5.75 Å². The predicted molar refractivity (Wildman–Crippen MR) is 85.3 cm³/mol. The van der Waals surface area contributed by atoms with Crippen LogP contribution < -0.4 is 16.0 Å². The smallest absolute Gasteiger partial charge is 0.271 e. The Labute approximate surface area is 132 Å². The summed E-state index contributed by atoms with van der Waals surface area (Å²) in [6, 6.07) is 15.3. The SMILES string of the molecule is NNC(=O)COc1ccccc1CSc1ccc(Cl)cc1. The second-order valence-corrected chi connectivity index (χ2v) is 5.69. The largest absolute Gasteiger partial charge is 0.483 e. The van der Waals surface area contributed by atoms with Gasteiger partial charge >= 0.3 is 0 Å². The van der Waals surface area contributed by atoms with Gasteiger partial charge in [0.05, 0.1) is 0 Å². The van der Waals surface area contributed by atoms with Crippen LogP contribution in [0.1, 0.15) is 5.56 Å². The number of carbonyl (C=O) groups is 1. The van der Waals surface area contributed by atoms with Crippen molar-refractivity contribution in [2.45, 2.75) is 10.6 Å². The fourth-order valence-corrected chi connectivity index (χ4v) is 2.66. The van der Waals surface area contributed by atoms with E-state index >= 15 is 0 Å². The monoisotopic (exact) mass is 322 g/mol. The van der Waals surface area contributed by atoms with Crippen LogP contribution in [0.5, 0.6) is 5.75 Å². The fraction of sp³-hybridized carbons (Fsp3) is 0.133. The number of halogens is 1. The Bertz CT molecular complexity index is 605. The molecule has 0 aromatic heterocycles. The second kappa shape index (κ2) is 7.93. The Balaban J connectivity index is 1.99. The van der Waals surface area contributed by atoms with Crippen molar-refractivity contribution < 1.29 is 9.53 Å². The van der Waals surface area contributed by atoms with Crippen molar-refractivity contribution in [2.75, 3.05) is 6.61 Å². The summed E-state index contributed by atoms with van der Waals surface area (Å²) in [4.78, 5) is 12.2. The summed E-state index contributed by atoms with van der Waals surface area (Å²) in [5.41, 5.74) is 3.05. The summed E-state index contributed by atoms with van der Waals surface area (Å²) in [5.74, 6) is 6.08. The molecule has 0 aliphatic carbocycles. The van der Waals surface area contributed by atoms with Gasteiger partial charge in [-0.05, 0) is 30.3 Å². The number of para-hydroxylation sites is 1. The van der Waals surface area contributed by atoms with Gasteiger partial charge in [0.15, 0.2) is 6.61 Å². The lowest BCUT2D eigenvalue weighted by atomic mass is 10.2. The van der Waals surface area contributed by atoms with Gasteiger partial charge in [0, 0.05) is 21.2 Å². The quantitative estimate of drug-likeness (QED) is 0.371. The molecule has 2 rings (SSSR count). The standard InChI is InChI=1S/C15H15ClN2O2S/c16-12-5-7-13(8-6-12)21-10-11-3-1-2-4-14(11)20-9-15(19)18-17/h1-8H,9-10,17H2,(H,18,19). The highest BCUT2D eigenvalue weighted by atomic mass is 35.5. The Kier molecular flexibility index (Phi) is 5.92. The molecule has 6 heteroatoms. The van der Waals surface area contributed by atoms with Crippen LogP contribution >= 0.6 is 23.4 Å². The highest BCUT2D eigenvalue weighted by Crippen LogP contribution is 2.28. The van der Waals surface area contributed by atoms with Crippen molar-refractivity contribution in [1.29, 1.82) is 0 Å². The van der Waals surface area contributed by atoms with Gasteiger partial charge in [-0.1, -0.05) is 29.8 Å².